The Balaban J connectivity index is 1.08. The Morgan fingerprint density at radius 1 is 1.11 bits per heavy atom. The maximum atomic E-state index is 13.6. The van der Waals surface area contributed by atoms with E-state index in [9.17, 15) is 18.7 Å². The summed E-state index contributed by atoms with van der Waals surface area (Å²) < 4.78 is 31.2. The SMILES string of the molecule is CN1CCn2ncc(-c3ccc4cn([C@H]5CC[C@H](CNC(=O)c6cc(F)c(O)c(F)c6)CC5)nc4c3)c21. The highest BCUT2D eigenvalue weighted by Crippen LogP contribution is 2.36. The van der Waals surface area contributed by atoms with E-state index in [1.54, 1.807) is 0 Å². The van der Waals surface area contributed by atoms with E-state index in [2.05, 4.69) is 51.4 Å². The third-order valence-electron chi connectivity index (χ3n) is 7.68. The van der Waals surface area contributed by atoms with Crippen LogP contribution in [0.25, 0.3) is 22.0 Å². The predicted molar refractivity (Wildman–Crippen MR) is 136 cm³/mol. The molecule has 2 N–H and O–H groups in total. The number of nitrogens with one attached hydrogen (secondary N) is 1. The molecule has 0 saturated heterocycles. The lowest BCUT2D eigenvalue weighted by molar-refractivity contribution is 0.0940. The number of phenolic OH excluding ortho intramolecular Hbond substituents is 1. The van der Waals surface area contributed by atoms with Crippen molar-refractivity contribution in [3.8, 4) is 16.9 Å². The number of nitrogens with zero attached hydrogens (tertiary/aromatic N) is 5. The second-order valence-electron chi connectivity index (χ2n) is 10.1. The molecule has 0 atom stereocenters. The van der Waals surface area contributed by atoms with Gasteiger partial charge in [0.15, 0.2) is 17.4 Å². The van der Waals surface area contributed by atoms with Crippen LogP contribution in [0.15, 0.2) is 42.7 Å². The van der Waals surface area contributed by atoms with Crippen LogP contribution in [0.5, 0.6) is 5.75 Å². The van der Waals surface area contributed by atoms with E-state index >= 15 is 0 Å². The summed E-state index contributed by atoms with van der Waals surface area (Å²) >= 11 is 0. The lowest BCUT2D eigenvalue weighted by Gasteiger charge is -2.28. The average Bonchev–Trinajstić information content (AvgIpc) is 3.61. The van der Waals surface area contributed by atoms with E-state index in [1.807, 2.05) is 10.9 Å². The van der Waals surface area contributed by atoms with E-state index < -0.39 is 23.3 Å². The summed E-state index contributed by atoms with van der Waals surface area (Å²) in [7, 11) is 2.09. The molecule has 1 aliphatic heterocycles. The molecule has 192 valence electrons. The number of anilines is 1. The Hall–Kier alpha value is -3.95. The fourth-order valence-electron chi connectivity index (χ4n) is 5.54. The first-order valence-corrected chi connectivity index (χ1v) is 12.6. The van der Waals surface area contributed by atoms with Crippen LogP contribution < -0.4 is 10.2 Å². The molecule has 1 saturated carbocycles. The van der Waals surface area contributed by atoms with Crippen molar-refractivity contribution in [1.82, 2.24) is 24.9 Å². The summed E-state index contributed by atoms with van der Waals surface area (Å²) in [5, 5.41) is 22.5. The van der Waals surface area contributed by atoms with Gasteiger partial charge in [0.05, 0.1) is 24.3 Å². The smallest absolute Gasteiger partial charge is 0.251 e. The van der Waals surface area contributed by atoms with E-state index in [1.165, 1.54) is 0 Å². The molecule has 1 aliphatic carbocycles. The van der Waals surface area contributed by atoms with Gasteiger partial charge < -0.3 is 15.3 Å². The number of carbonyl (C=O) groups excluding carboxylic acids is 1. The van der Waals surface area contributed by atoms with Gasteiger partial charge in [0.1, 0.15) is 5.82 Å². The Labute approximate surface area is 212 Å². The summed E-state index contributed by atoms with van der Waals surface area (Å²) in [4.78, 5) is 14.6. The molecule has 1 amide bonds. The normalized spacial score (nSPS) is 19.4. The minimum absolute atomic E-state index is 0.142. The van der Waals surface area contributed by atoms with Gasteiger partial charge in [-0.25, -0.2) is 13.5 Å². The zero-order chi connectivity index (χ0) is 25.7. The summed E-state index contributed by atoms with van der Waals surface area (Å²) in [6, 6.07) is 8.35. The van der Waals surface area contributed by atoms with Gasteiger partial charge in [-0.15, -0.1) is 0 Å². The molecule has 0 spiro atoms. The minimum atomic E-state index is -1.15. The number of likely N-dealkylation sites (N-methyl/N-ethyl adjacent to an activating group) is 1. The van der Waals surface area contributed by atoms with E-state index in [4.69, 9.17) is 5.10 Å². The second kappa shape index (κ2) is 9.17. The Bertz CT molecular complexity index is 1460. The highest BCUT2D eigenvalue weighted by atomic mass is 19.1. The first-order chi connectivity index (χ1) is 17.9. The molecule has 2 aromatic carbocycles. The summed E-state index contributed by atoms with van der Waals surface area (Å²) in [6.45, 7) is 2.31. The Kier molecular flexibility index (Phi) is 5.81. The topological polar surface area (TPSA) is 88.2 Å². The van der Waals surface area contributed by atoms with Crippen LogP contribution in [0.1, 0.15) is 42.1 Å². The molecule has 0 unspecified atom stereocenters. The Morgan fingerprint density at radius 3 is 2.62 bits per heavy atom. The van der Waals surface area contributed by atoms with Gasteiger partial charge in [0, 0.05) is 42.8 Å². The zero-order valence-corrected chi connectivity index (χ0v) is 20.5. The van der Waals surface area contributed by atoms with Crippen molar-refractivity contribution in [3.05, 3.63) is 59.9 Å². The van der Waals surface area contributed by atoms with Gasteiger partial charge in [0.2, 0.25) is 0 Å². The maximum absolute atomic E-state index is 13.6. The molecule has 2 aliphatic rings. The molecule has 1 fully saturated rings. The first-order valence-electron chi connectivity index (χ1n) is 12.6. The average molecular weight is 507 g/mol. The van der Waals surface area contributed by atoms with Gasteiger partial charge >= 0.3 is 0 Å². The largest absolute Gasteiger partial charge is 0.503 e. The minimum Gasteiger partial charge on any atom is -0.503 e. The molecular weight excluding hydrogens is 478 g/mol. The third-order valence-corrected chi connectivity index (χ3v) is 7.68. The number of carbonyl (C=O) groups is 1. The summed E-state index contributed by atoms with van der Waals surface area (Å²) in [5.74, 6) is -2.49. The molecule has 10 heteroatoms. The maximum Gasteiger partial charge on any atom is 0.251 e. The zero-order valence-electron chi connectivity index (χ0n) is 20.5. The van der Waals surface area contributed by atoms with E-state index in [0.717, 1.165) is 78.8 Å². The quantitative estimate of drug-likeness (QED) is 0.416. The van der Waals surface area contributed by atoms with Gasteiger partial charge in [-0.3, -0.25) is 9.48 Å². The van der Waals surface area contributed by atoms with E-state index in [-0.39, 0.29) is 17.5 Å². The molecular formula is C27H28F2N6O2. The van der Waals surface area contributed by atoms with Crippen LogP contribution in [0, 0.1) is 17.6 Å². The number of benzene rings is 2. The number of aromatic nitrogens is 4. The monoisotopic (exact) mass is 506 g/mol. The van der Waals surface area contributed by atoms with Crippen LogP contribution in [0.2, 0.25) is 0 Å². The number of hydrogen-bond acceptors (Lipinski definition) is 5. The van der Waals surface area contributed by atoms with Crippen molar-refractivity contribution in [2.75, 3.05) is 25.0 Å². The van der Waals surface area contributed by atoms with Crippen molar-refractivity contribution in [3.63, 3.8) is 0 Å². The highest BCUT2D eigenvalue weighted by Gasteiger charge is 2.25. The van der Waals surface area contributed by atoms with Gasteiger partial charge in [-0.2, -0.15) is 10.2 Å². The summed E-state index contributed by atoms with van der Waals surface area (Å²) in [6.07, 6.45) is 7.74. The standard InChI is InChI=1S/C27H28F2N6O2/c1-33-8-9-34-27(33)21(14-31-34)17-4-5-18-15-35(32-24(18)12-17)20-6-2-16(3-7-20)13-30-26(37)19-10-22(28)25(36)23(29)11-19/h4-5,10-12,14-16,20,36H,2-3,6-9,13H2,1H3,(H,30,37)/t16-,20-. The number of amides is 1. The lowest BCUT2D eigenvalue weighted by atomic mass is 9.86. The fraction of sp³-hybridized carbons (Fsp3) is 0.370. The van der Waals surface area contributed by atoms with Crippen LogP contribution >= 0.6 is 0 Å². The fourth-order valence-corrected chi connectivity index (χ4v) is 5.54. The lowest BCUT2D eigenvalue weighted by Crippen LogP contribution is -2.31. The van der Waals surface area contributed by atoms with Gasteiger partial charge in [0.25, 0.3) is 5.91 Å². The first kappa shape index (κ1) is 23.4. The molecule has 2 aromatic heterocycles. The van der Waals surface area contributed by atoms with Gasteiger partial charge in [-0.1, -0.05) is 12.1 Å². The van der Waals surface area contributed by atoms with Crippen molar-refractivity contribution in [2.24, 2.45) is 5.92 Å². The van der Waals surface area contributed by atoms with Gasteiger partial charge in [-0.05, 0) is 55.4 Å². The van der Waals surface area contributed by atoms with Crippen LogP contribution in [-0.2, 0) is 6.54 Å². The van der Waals surface area contributed by atoms with Crippen molar-refractivity contribution in [1.29, 1.82) is 0 Å². The van der Waals surface area contributed by atoms with Crippen molar-refractivity contribution >= 4 is 22.6 Å². The van der Waals surface area contributed by atoms with Crippen LogP contribution in [0.3, 0.4) is 0 Å². The molecule has 3 heterocycles. The molecule has 4 aromatic rings. The Morgan fingerprint density at radius 2 is 1.86 bits per heavy atom. The molecule has 8 nitrogen and oxygen atoms in total. The predicted octanol–water partition coefficient (Wildman–Crippen LogP) is 4.49. The molecule has 6 rings (SSSR count). The molecule has 37 heavy (non-hydrogen) atoms. The highest BCUT2D eigenvalue weighted by molar-refractivity contribution is 5.94. The van der Waals surface area contributed by atoms with Crippen molar-refractivity contribution in [2.45, 2.75) is 38.3 Å². The summed E-state index contributed by atoms with van der Waals surface area (Å²) in [5.41, 5.74) is 3.05. The van der Waals surface area contributed by atoms with E-state index in [0.29, 0.717) is 6.54 Å². The molecule has 0 bridgehead atoms. The van der Waals surface area contributed by atoms with Crippen molar-refractivity contribution < 1.29 is 18.7 Å². The third kappa shape index (κ3) is 4.30. The number of aromatic hydroxyl groups is 1. The number of hydrogen-bond donors (Lipinski definition) is 2. The number of rotatable bonds is 5. The second-order valence-corrected chi connectivity index (χ2v) is 10.1. The van der Waals surface area contributed by atoms with Crippen LogP contribution in [0.4, 0.5) is 14.6 Å². The number of phenols is 1. The number of fused-ring (bicyclic) bond motifs is 2. The molecule has 0 radical (unpaired) electrons. The number of halogens is 2. The van der Waals surface area contributed by atoms with Crippen LogP contribution in [-0.4, -0.2) is 50.7 Å².